The Morgan fingerprint density at radius 1 is 1.40 bits per heavy atom. The molecule has 0 spiro atoms. The van der Waals surface area contributed by atoms with Gasteiger partial charge in [-0.1, -0.05) is 26.0 Å². The van der Waals surface area contributed by atoms with Gasteiger partial charge in [0.2, 0.25) is 0 Å². The highest BCUT2D eigenvalue weighted by molar-refractivity contribution is 5.96. The van der Waals surface area contributed by atoms with Gasteiger partial charge in [0.1, 0.15) is 5.52 Å². The van der Waals surface area contributed by atoms with Crippen LogP contribution in [0, 0.1) is 0 Å². The van der Waals surface area contributed by atoms with Gasteiger partial charge in [-0.05, 0) is 12.0 Å². The van der Waals surface area contributed by atoms with Crippen LogP contribution in [0.25, 0.3) is 10.9 Å². The molecule has 0 aliphatic rings. The summed E-state index contributed by atoms with van der Waals surface area (Å²) in [5.74, 6) is 0.405. The lowest BCUT2D eigenvalue weighted by atomic mass is 10.0. The van der Waals surface area contributed by atoms with E-state index in [4.69, 9.17) is 0 Å². The Bertz CT molecular complexity index is 512. The second kappa shape index (κ2) is 3.50. The summed E-state index contributed by atoms with van der Waals surface area (Å²) >= 11 is 0. The van der Waals surface area contributed by atoms with Crippen LogP contribution in [0.2, 0.25) is 0 Å². The maximum absolute atomic E-state index is 10.9. The number of aryl methyl sites for hydroxylation is 1. The zero-order chi connectivity index (χ0) is 11.0. The molecule has 0 unspecified atom stereocenters. The monoisotopic (exact) mass is 202 g/mol. The van der Waals surface area contributed by atoms with Crippen LogP contribution < -0.4 is 0 Å². The molecule has 0 saturated carbocycles. The predicted molar refractivity (Wildman–Crippen MR) is 60.2 cm³/mol. The van der Waals surface area contributed by atoms with Crippen molar-refractivity contribution in [3.8, 4) is 0 Å². The minimum atomic E-state index is 0.405. The molecule has 0 saturated heterocycles. The van der Waals surface area contributed by atoms with Gasteiger partial charge in [0.15, 0.2) is 6.29 Å². The summed E-state index contributed by atoms with van der Waals surface area (Å²) in [6.45, 7) is 4.26. The van der Waals surface area contributed by atoms with Crippen LogP contribution in [-0.2, 0) is 7.05 Å². The van der Waals surface area contributed by atoms with E-state index in [1.165, 1.54) is 5.69 Å². The number of aldehydes is 1. The SMILES string of the molecule is CC(C)c1c2cccc(C=O)c2nn1C. The van der Waals surface area contributed by atoms with Crippen molar-refractivity contribution in [1.82, 2.24) is 9.78 Å². The number of carbonyl (C=O) groups is 1. The molecular weight excluding hydrogens is 188 g/mol. The van der Waals surface area contributed by atoms with E-state index in [9.17, 15) is 4.79 Å². The van der Waals surface area contributed by atoms with Crippen LogP contribution >= 0.6 is 0 Å². The zero-order valence-corrected chi connectivity index (χ0v) is 9.19. The molecule has 15 heavy (non-hydrogen) atoms. The third-order valence-electron chi connectivity index (χ3n) is 2.62. The molecule has 0 atom stereocenters. The average Bonchev–Trinajstić information content (AvgIpc) is 2.53. The van der Waals surface area contributed by atoms with E-state index in [2.05, 4.69) is 18.9 Å². The van der Waals surface area contributed by atoms with Gasteiger partial charge in [-0.3, -0.25) is 9.48 Å². The fraction of sp³-hybridized carbons (Fsp3) is 0.333. The Hall–Kier alpha value is -1.64. The first-order valence-corrected chi connectivity index (χ1v) is 5.06. The van der Waals surface area contributed by atoms with Gasteiger partial charge in [0, 0.05) is 23.7 Å². The van der Waals surface area contributed by atoms with Gasteiger partial charge < -0.3 is 0 Å². The fourth-order valence-electron chi connectivity index (χ4n) is 2.04. The fourth-order valence-corrected chi connectivity index (χ4v) is 2.04. The molecule has 0 amide bonds. The normalized spacial score (nSPS) is 11.2. The van der Waals surface area contributed by atoms with Crippen molar-refractivity contribution in [3.63, 3.8) is 0 Å². The van der Waals surface area contributed by atoms with Crippen LogP contribution in [-0.4, -0.2) is 16.1 Å². The average molecular weight is 202 g/mol. The van der Waals surface area contributed by atoms with E-state index in [1.807, 2.05) is 23.9 Å². The first kappa shape index (κ1) is 9.90. The summed E-state index contributed by atoms with van der Waals surface area (Å²) in [4.78, 5) is 10.9. The van der Waals surface area contributed by atoms with Gasteiger partial charge in [-0.25, -0.2) is 0 Å². The van der Waals surface area contributed by atoms with E-state index < -0.39 is 0 Å². The molecule has 2 rings (SSSR count). The number of hydrogen-bond acceptors (Lipinski definition) is 2. The van der Waals surface area contributed by atoms with Crippen LogP contribution in [0.4, 0.5) is 0 Å². The summed E-state index contributed by atoms with van der Waals surface area (Å²) in [5.41, 5.74) is 2.64. The summed E-state index contributed by atoms with van der Waals surface area (Å²) in [6, 6.07) is 5.72. The standard InChI is InChI=1S/C12H14N2O/c1-8(2)12-10-6-4-5-9(7-15)11(10)13-14(12)3/h4-8H,1-3H3. The molecule has 0 aliphatic carbocycles. The van der Waals surface area contributed by atoms with Crippen LogP contribution in [0.15, 0.2) is 18.2 Å². The maximum atomic E-state index is 10.9. The highest BCUT2D eigenvalue weighted by Crippen LogP contribution is 2.25. The summed E-state index contributed by atoms with van der Waals surface area (Å²) in [7, 11) is 1.92. The lowest BCUT2D eigenvalue weighted by molar-refractivity contribution is 0.112. The Morgan fingerprint density at radius 3 is 2.73 bits per heavy atom. The summed E-state index contributed by atoms with van der Waals surface area (Å²) in [5, 5.41) is 5.47. The van der Waals surface area contributed by atoms with E-state index in [1.54, 1.807) is 6.07 Å². The summed E-state index contributed by atoms with van der Waals surface area (Å²) < 4.78 is 1.86. The molecule has 0 N–H and O–H groups in total. The number of hydrogen-bond donors (Lipinski definition) is 0. The quantitative estimate of drug-likeness (QED) is 0.701. The second-order valence-corrected chi connectivity index (χ2v) is 4.02. The summed E-state index contributed by atoms with van der Waals surface area (Å²) in [6.07, 6.45) is 0.861. The molecule has 1 aromatic heterocycles. The highest BCUT2D eigenvalue weighted by atomic mass is 16.1. The van der Waals surface area contributed by atoms with E-state index in [0.29, 0.717) is 11.5 Å². The topological polar surface area (TPSA) is 34.9 Å². The van der Waals surface area contributed by atoms with Crippen molar-refractivity contribution < 1.29 is 4.79 Å². The maximum Gasteiger partial charge on any atom is 0.152 e. The number of aromatic nitrogens is 2. The van der Waals surface area contributed by atoms with E-state index in [-0.39, 0.29) is 0 Å². The van der Waals surface area contributed by atoms with Crippen LogP contribution in [0.5, 0.6) is 0 Å². The van der Waals surface area contributed by atoms with Crippen molar-refractivity contribution in [2.45, 2.75) is 19.8 Å². The van der Waals surface area contributed by atoms with Crippen molar-refractivity contribution in [3.05, 3.63) is 29.5 Å². The van der Waals surface area contributed by atoms with Crippen molar-refractivity contribution in [2.75, 3.05) is 0 Å². The molecule has 1 aromatic carbocycles. The molecule has 1 heterocycles. The minimum absolute atomic E-state index is 0.405. The molecule has 0 radical (unpaired) electrons. The molecule has 0 fully saturated rings. The minimum Gasteiger partial charge on any atom is -0.298 e. The lowest BCUT2D eigenvalue weighted by Gasteiger charge is -2.05. The van der Waals surface area contributed by atoms with Crippen LogP contribution in [0.1, 0.15) is 35.8 Å². The molecule has 3 nitrogen and oxygen atoms in total. The third-order valence-corrected chi connectivity index (χ3v) is 2.62. The first-order valence-electron chi connectivity index (χ1n) is 5.06. The molecule has 2 aromatic rings. The Kier molecular flexibility index (Phi) is 2.31. The first-order chi connectivity index (χ1) is 7.15. The number of carbonyl (C=O) groups excluding carboxylic acids is 1. The molecule has 0 aliphatic heterocycles. The third kappa shape index (κ3) is 1.44. The van der Waals surface area contributed by atoms with Crippen molar-refractivity contribution >= 4 is 17.2 Å². The second-order valence-electron chi connectivity index (χ2n) is 4.02. The Balaban J connectivity index is 2.84. The zero-order valence-electron chi connectivity index (χ0n) is 9.19. The van der Waals surface area contributed by atoms with Gasteiger partial charge in [0.05, 0.1) is 0 Å². The number of rotatable bonds is 2. The van der Waals surface area contributed by atoms with E-state index in [0.717, 1.165) is 17.2 Å². The molecule has 78 valence electrons. The highest BCUT2D eigenvalue weighted by Gasteiger charge is 2.13. The largest absolute Gasteiger partial charge is 0.298 e. The number of benzene rings is 1. The Morgan fingerprint density at radius 2 is 2.13 bits per heavy atom. The van der Waals surface area contributed by atoms with Crippen molar-refractivity contribution in [1.29, 1.82) is 0 Å². The van der Waals surface area contributed by atoms with Gasteiger partial charge in [0.25, 0.3) is 0 Å². The number of nitrogens with zero attached hydrogens (tertiary/aromatic N) is 2. The van der Waals surface area contributed by atoms with Gasteiger partial charge >= 0.3 is 0 Å². The van der Waals surface area contributed by atoms with Gasteiger partial charge in [-0.15, -0.1) is 0 Å². The Labute approximate surface area is 88.7 Å². The van der Waals surface area contributed by atoms with Crippen molar-refractivity contribution in [2.24, 2.45) is 7.05 Å². The number of fused-ring (bicyclic) bond motifs is 1. The van der Waals surface area contributed by atoms with E-state index >= 15 is 0 Å². The molecule has 0 bridgehead atoms. The molecular formula is C12H14N2O. The van der Waals surface area contributed by atoms with Gasteiger partial charge in [-0.2, -0.15) is 5.10 Å². The lowest BCUT2D eigenvalue weighted by Crippen LogP contribution is -1.99. The van der Waals surface area contributed by atoms with Crippen LogP contribution in [0.3, 0.4) is 0 Å². The molecule has 3 heteroatoms. The smallest absolute Gasteiger partial charge is 0.152 e. The predicted octanol–water partition coefficient (Wildman–Crippen LogP) is 2.51.